The van der Waals surface area contributed by atoms with Crippen molar-refractivity contribution in [3.8, 4) is 0 Å². The van der Waals surface area contributed by atoms with Crippen molar-refractivity contribution in [2.75, 3.05) is 12.8 Å². The average Bonchev–Trinajstić information content (AvgIpc) is 2.26. The SMILES string of the molecule is COC(=O)C(O)C(O)c1ccc(C)cc1N. The van der Waals surface area contributed by atoms with Crippen molar-refractivity contribution >= 4 is 11.7 Å². The van der Waals surface area contributed by atoms with E-state index in [4.69, 9.17) is 5.73 Å². The van der Waals surface area contributed by atoms with Gasteiger partial charge in [-0.1, -0.05) is 12.1 Å². The van der Waals surface area contributed by atoms with Crippen molar-refractivity contribution in [2.45, 2.75) is 19.1 Å². The number of ether oxygens (including phenoxy) is 1. The Hall–Kier alpha value is -1.59. The highest BCUT2D eigenvalue weighted by Crippen LogP contribution is 2.24. The molecule has 0 radical (unpaired) electrons. The topological polar surface area (TPSA) is 92.8 Å². The molecule has 0 aliphatic heterocycles. The number of benzene rings is 1. The van der Waals surface area contributed by atoms with Crippen molar-refractivity contribution in [2.24, 2.45) is 0 Å². The summed E-state index contributed by atoms with van der Waals surface area (Å²) in [6, 6.07) is 4.96. The number of esters is 1. The Balaban J connectivity index is 2.96. The van der Waals surface area contributed by atoms with E-state index in [2.05, 4.69) is 4.74 Å². The van der Waals surface area contributed by atoms with Gasteiger partial charge in [-0.3, -0.25) is 0 Å². The van der Waals surface area contributed by atoms with E-state index in [0.717, 1.165) is 12.7 Å². The Kier molecular flexibility index (Phi) is 3.87. The molecule has 0 aromatic heterocycles. The predicted molar refractivity (Wildman–Crippen MR) is 58.6 cm³/mol. The number of nitrogens with two attached hydrogens (primary N) is 1. The van der Waals surface area contributed by atoms with Gasteiger partial charge in [-0.15, -0.1) is 0 Å². The van der Waals surface area contributed by atoms with Crippen LogP contribution in [0.4, 0.5) is 5.69 Å². The first-order valence-corrected chi connectivity index (χ1v) is 4.77. The molecule has 0 saturated heterocycles. The summed E-state index contributed by atoms with van der Waals surface area (Å²) in [6.45, 7) is 1.85. The van der Waals surface area contributed by atoms with E-state index in [-0.39, 0.29) is 0 Å². The van der Waals surface area contributed by atoms with Gasteiger partial charge in [0.2, 0.25) is 0 Å². The first-order valence-electron chi connectivity index (χ1n) is 4.77. The summed E-state index contributed by atoms with van der Waals surface area (Å²) in [5.41, 5.74) is 7.25. The van der Waals surface area contributed by atoms with Gasteiger partial charge in [-0.05, 0) is 18.6 Å². The molecule has 0 fully saturated rings. The lowest BCUT2D eigenvalue weighted by Crippen LogP contribution is -2.29. The molecule has 0 bridgehead atoms. The standard InChI is InChI=1S/C11H15NO4/c1-6-3-4-7(8(12)5-6)9(13)10(14)11(15)16-2/h3-5,9-10,13-14H,12H2,1-2H3. The summed E-state index contributed by atoms with van der Waals surface area (Å²) < 4.78 is 4.33. The maximum Gasteiger partial charge on any atom is 0.337 e. The van der Waals surface area contributed by atoms with Gasteiger partial charge in [0, 0.05) is 11.3 Å². The largest absolute Gasteiger partial charge is 0.467 e. The molecule has 1 rings (SSSR count). The zero-order chi connectivity index (χ0) is 12.3. The van der Waals surface area contributed by atoms with Gasteiger partial charge in [0.25, 0.3) is 0 Å². The second-order valence-corrected chi connectivity index (χ2v) is 3.55. The molecule has 88 valence electrons. The van der Waals surface area contributed by atoms with E-state index in [9.17, 15) is 15.0 Å². The molecule has 0 spiro atoms. The van der Waals surface area contributed by atoms with E-state index < -0.39 is 18.2 Å². The van der Waals surface area contributed by atoms with Crippen LogP contribution in [0.1, 0.15) is 17.2 Å². The number of carbonyl (C=O) groups is 1. The number of carbonyl (C=O) groups excluding carboxylic acids is 1. The van der Waals surface area contributed by atoms with Crippen LogP contribution in [0, 0.1) is 6.92 Å². The second kappa shape index (κ2) is 4.96. The van der Waals surface area contributed by atoms with Crippen LogP contribution in [0.5, 0.6) is 0 Å². The van der Waals surface area contributed by atoms with Crippen molar-refractivity contribution in [3.63, 3.8) is 0 Å². The van der Waals surface area contributed by atoms with Gasteiger partial charge in [-0.25, -0.2) is 4.79 Å². The normalized spacial score (nSPS) is 14.2. The smallest absolute Gasteiger partial charge is 0.337 e. The van der Waals surface area contributed by atoms with Crippen molar-refractivity contribution < 1.29 is 19.7 Å². The summed E-state index contributed by atoms with van der Waals surface area (Å²) in [5, 5.41) is 19.2. The van der Waals surface area contributed by atoms with Crippen molar-refractivity contribution in [1.82, 2.24) is 0 Å². The molecule has 0 aliphatic rings. The van der Waals surface area contributed by atoms with E-state index in [0.29, 0.717) is 11.3 Å². The lowest BCUT2D eigenvalue weighted by molar-refractivity contribution is -0.156. The zero-order valence-corrected chi connectivity index (χ0v) is 9.18. The highest BCUT2D eigenvalue weighted by atomic mass is 16.5. The number of anilines is 1. The Morgan fingerprint density at radius 3 is 2.56 bits per heavy atom. The minimum absolute atomic E-state index is 0.309. The lowest BCUT2D eigenvalue weighted by Gasteiger charge is -2.17. The number of methoxy groups -OCH3 is 1. The summed E-state index contributed by atoms with van der Waals surface area (Å²) in [4.78, 5) is 11.0. The minimum Gasteiger partial charge on any atom is -0.467 e. The van der Waals surface area contributed by atoms with E-state index in [1.54, 1.807) is 18.2 Å². The van der Waals surface area contributed by atoms with Crippen LogP contribution in [-0.2, 0) is 9.53 Å². The van der Waals surface area contributed by atoms with E-state index >= 15 is 0 Å². The molecule has 1 aromatic rings. The molecular formula is C11H15NO4. The third-order valence-corrected chi connectivity index (χ3v) is 2.30. The van der Waals surface area contributed by atoms with Crippen LogP contribution < -0.4 is 5.73 Å². The maximum atomic E-state index is 11.0. The number of aryl methyl sites for hydroxylation is 1. The third kappa shape index (κ3) is 2.50. The molecule has 16 heavy (non-hydrogen) atoms. The highest BCUT2D eigenvalue weighted by molar-refractivity contribution is 5.75. The molecule has 0 heterocycles. The molecule has 0 aliphatic carbocycles. The first kappa shape index (κ1) is 12.5. The fourth-order valence-electron chi connectivity index (χ4n) is 1.38. The molecule has 0 saturated carbocycles. The van der Waals surface area contributed by atoms with Crippen LogP contribution >= 0.6 is 0 Å². The molecule has 2 unspecified atom stereocenters. The maximum absolute atomic E-state index is 11.0. The van der Waals surface area contributed by atoms with Crippen LogP contribution in [0.3, 0.4) is 0 Å². The Labute approximate surface area is 93.5 Å². The van der Waals surface area contributed by atoms with Gasteiger partial charge in [0.15, 0.2) is 6.10 Å². The fourth-order valence-corrected chi connectivity index (χ4v) is 1.38. The van der Waals surface area contributed by atoms with Crippen LogP contribution in [0.2, 0.25) is 0 Å². The van der Waals surface area contributed by atoms with Crippen molar-refractivity contribution in [1.29, 1.82) is 0 Å². The van der Waals surface area contributed by atoms with Gasteiger partial charge < -0.3 is 20.7 Å². The van der Waals surface area contributed by atoms with Crippen LogP contribution in [-0.4, -0.2) is 29.4 Å². The van der Waals surface area contributed by atoms with Gasteiger partial charge in [0.1, 0.15) is 6.10 Å². The van der Waals surface area contributed by atoms with Gasteiger partial charge in [0.05, 0.1) is 7.11 Å². The third-order valence-electron chi connectivity index (χ3n) is 2.30. The Morgan fingerprint density at radius 2 is 2.06 bits per heavy atom. The zero-order valence-electron chi connectivity index (χ0n) is 9.18. The van der Waals surface area contributed by atoms with E-state index in [1.807, 2.05) is 6.92 Å². The summed E-state index contributed by atoms with van der Waals surface area (Å²) >= 11 is 0. The molecule has 1 aromatic carbocycles. The molecule has 4 N–H and O–H groups in total. The monoisotopic (exact) mass is 225 g/mol. The number of aliphatic hydroxyl groups excluding tert-OH is 2. The average molecular weight is 225 g/mol. The number of nitrogen functional groups attached to an aromatic ring is 1. The number of aliphatic hydroxyl groups is 2. The predicted octanol–water partition coefficient (Wildman–Crippen LogP) is 0.145. The van der Waals surface area contributed by atoms with Crippen LogP contribution in [0.15, 0.2) is 18.2 Å². The van der Waals surface area contributed by atoms with Crippen molar-refractivity contribution in [3.05, 3.63) is 29.3 Å². The number of rotatable bonds is 3. The minimum atomic E-state index is -1.63. The second-order valence-electron chi connectivity index (χ2n) is 3.55. The molecule has 5 nitrogen and oxygen atoms in total. The summed E-state index contributed by atoms with van der Waals surface area (Å²) in [7, 11) is 1.14. The summed E-state index contributed by atoms with van der Waals surface area (Å²) in [6.07, 6.45) is -3.01. The highest BCUT2D eigenvalue weighted by Gasteiger charge is 2.27. The van der Waals surface area contributed by atoms with Gasteiger partial charge >= 0.3 is 5.97 Å². The molecule has 2 atom stereocenters. The fraction of sp³-hybridized carbons (Fsp3) is 0.364. The summed E-state index contributed by atoms with van der Waals surface area (Å²) in [5.74, 6) is -0.896. The van der Waals surface area contributed by atoms with E-state index in [1.165, 1.54) is 0 Å². The quantitative estimate of drug-likeness (QED) is 0.503. The lowest BCUT2D eigenvalue weighted by atomic mass is 10.0. The van der Waals surface area contributed by atoms with Crippen LogP contribution in [0.25, 0.3) is 0 Å². The first-order chi connectivity index (χ1) is 7.47. The Bertz CT molecular complexity index is 392. The molecule has 0 amide bonds. The number of hydrogen-bond acceptors (Lipinski definition) is 5. The van der Waals surface area contributed by atoms with Gasteiger partial charge in [-0.2, -0.15) is 0 Å². The molecule has 5 heteroatoms. The Morgan fingerprint density at radius 1 is 1.44 bits per heavy atom. The molecular weight excluding hydrogens is 210 g/mol. The number of hydrogen-bond donors (Lipinski definition) is 3.